The van der Waals surface area contributed by atoms with Crippen LogP contribution in [-0.2, 0) is 4.79 Å². The van der Waals surface area contributed by atoms with Gasteiger partial charge < -0.3 is 9.64 Å². The lowest BCUT2D eigenvalue weighted by Gasteiger charge is -2.32. The number of benzene rings is 1. The van der Waals surface area contributed by atoms with Crippen LogP contribution in [0.2, 0.25) is 5.02 Å². The molecule has 0 radical (unpaired) electrons. The molecular formula is C16H22ClNO2. The molecule has 110 valence electrons. The summed E-state index contributed by atoms with van der Waals surface area (Å²) in [4.78, 5) is 14.4. The van der Waals surface area contributed by atoms with Crippen LogP contribution in [0, 0.1) is 5.92 Å². The first-order chi connectivity index (χ1) is 9.60. The highest BCUT2D eigenvalue weighted by atomic mass is 35.5. The Kier molecular flexibility index (Phi) is 5.30. The Morgan fingerprint density at radius 3 is 2.50 bits per heavy atom. The maximum atomic E-state index is 12.5. The Labute approximate surface area is 125 Å². The lowest BCUT2D eigenvalue weighted by atomic mass is 9.99. The lowest BCUT2D eigenvalue weighted by Crippen LogP contribution is -2.45. The van der Waals surface area contributed by atoms with Crippen molar-refractivity contribution < 1.29 is 9.53 Å². The zero-order chi connectivity index (χ0) is 14.5. The molecule has 20 heavy (non-hydrogen) atoms. The molecule has 1 saturated heterocycles. The van der Waals surface area contributed by atoms with E-state index in [1.54, 1.807) is 24.3 Å². The summed E-state index contributed by atoms with van der Waals surface area (Å²) in [7, 11) is 0. The highest BCUT2D eigenvalue weighted by Crippen LogP contribution is 2.21. The average molecular weight is 296 g/mol. The Balaban J connectivity index is 1.97. The predicted octanol–water partition coefficient (Wildman–Crippen LogP) is 3.76. The summed E-state index contributed by atoms with van der Waals surface area (Å²) in [6.07, 6.45) is 2.45. The van der Waals surface area contributed by atoms with Gasteiger partial charge in [0.2, 0.25) is 0 Å². The van der Waals surface area contributed by atoms with E-state index in [9.17, 15) is 4.79 Å². The maximum Gasteiger partial charge on any atom is 0.263 e. The van der Waals surface area contributed by atoms with E-state index in [1.165, 1.54) is 0 Å². The van der Waals surface area contributed by atoms with Gasteiger partial charge in [-0.05, 0) is 49.4 Å². The molecule has 4 heteroatoms. The molecule has 1 aliphatic heterocycles. The normalized spacial score (nSPS) is 17.9. The van der Waals surface area contributed by atoms with Gasteiger partial charge in [-0.25, -0.2) is 0 Å². The number of rotatable bonds is 4. The van der Waals surface area contributed by atoms with Crippen LogP contribution in [0.3, 0.4) is 0 Å². The Bertz CT molecular complexity index is 438. The van der Waals surface area contributed by atoms with E-state index in [4.69, 9.17) is 16.3 Å². The van der Waals surface area contributed by atoms with E-state index < -0.39 is 6.10 Å². The molecule has 1 heterocycles. The molecule has 0 saturated carbocycles. The van der Waals surface area contributed by atoms with Crippen molar-refractivity contribution in [1.29, 1.82) is 0 Å². The molecule has 2 rings (SSSR count). The Morgan fingerprint density at radius 1 is 1.35 bits per heavy atom. The SMILES string of the molecule is CCC(Oc1ccc(Cl)cc1)C(=O)N1CCC(C)CC1. The predicted molar refractivity (Wildman–Crippen MR) is 81.1 cm³/mol. The summed E-state index contributed by atoms with van der Waals surface area (Å²) in [6.45, 7) is 5.91. The van der Waals surface area contributed by atoms with E-state index in [1.807, 2.05) is 11.8 Å². The van der Waals surface area contributed by atoms with Gasteiger partial charge in [-0.1, -0.05) is 25.4 Å². The van der Waals surface area contributed by atoms with E-state index >= 15 is 0 Å². The number of ether oxygens (including phenoxy) is 1. The summed E-state index contributed by atoms with van der Waals surface area (Å²) in [6, 6.07) is 7.15. The molecule has 1 amide bonds. The first-order valence-corrected chi connectivity index (χ1v) is 7.69. The summed E-state index contributed by atoms with van der Waals surface area (Å²) >= 11 is 5.85. The minimum Gasteiger partial charge on any atom is -0.481 e. The minimum atomic E-state index is -0.399. The van der Waals surface area contributed by atoms with E-state index in [0.29, 0.717) is 17.2 Å². The lowest BCUT2D eigenvalue weighted by molar-refractivity contribution is -0.140. The van der Waals surface area contributed by atoms with Crippen molar-refractivity contribution in [3.8, 4) is 5.75 Å². The van der Waals surface area contributed by atoms with Crippen LogP contribution >= 0.6 is 11.6 Å². The van der Waals surface area contributed by atoms with Crippen LogP contribution in [-0.4, -0.2) is 30.0 Å². The molecule has 1 aromatic rings. The summed E-state index contributed by atoms with van der Waals surface area (Å²) in [5.74, 6) is 1.52. The zero-order valence-electron chi connectivity index (χ0n) is 12.1. The summed E-state index contributed by atoms with van der Waals surface area (Å²) in [5.41, 5.74) is 0. The molecule has 1 atom stereocenters. The summed E-state index contributed by atoms with van der Waals surface area (Å²) < 4.78 is 5.81. The van der Waals surface area contributed by atoms with Gasteiger partial charge in [0.05, 0.1) is 0 Å². The third-order valence-electron chi connectivity index (χ3n) is 3.83. The monoisotopic (exact) mass is 295 g/mol. The van der Waals surface area contributed by atoms with Crippen LogP contribution in [0.15, 0.2) is 24.3 Å². The fourth-order valence-corrected chi connectivity index (χ4v) is 2.54. The van der Waals surface area contributed by atoms with Gasteiger partial charge >= 0.3 is 0 Å². The molecule has 1 fully saturated rings. The second-order valence-electron chi connectivity index (χ2n) is 5.48. The smallest absolute Gasteiger partial charge is 0.263 e. The number of hydrogen-bond acceptors (Lipinski definition) is 2. The number of piperidine rings is 1. The Morgan fingerprint density at radius 2 is 1.95 bits per heavy atom. The largest absolute Gasteiger partial charge is 0.481 e. The first-order valence-electron chi connectivity index (χ1n) is 7.31. The second kappa shape index (κ2) is 6.98. The summed E-state index contributed by atoms with van der Waals surface area (Å²) in [5, 5.41) is 0.668. The van der Waals surface area contributed by atoms with Crippen LogP contribution in [0.25, 0.3) is 0 Å². The van der Waals surface area contributed by atoms with Crippen molar-refractivity contribution in [2.45, 2.75) is 39.2 Å². The molecular weight excluding hydrogens is 274 g/mol. The van der Waals surface area contributed by atoms with Crippen molar-refractivity contribution in [1.82, 2.24) is 4.90 Å². The molecule has 1 aliphatic rings. The molecule has 1 aromatic carbocycles. The van der Waals surface area contributed by atoms with Crippen molar-refractivity contribution in [2.75, 3.05) is 13.1 Å². The van der Waals surface area contributed by atoms with Crippen LogP contribution < -0.4 is 4.74 Å². The molecule has 3 nitrogen and oxygen atoms in total. The minimum absolute atomic E-state index is 0.106. The standard InChI is InChI=1S/C16H22ClNO2/c1-3-15(20-14-6-4-13(17)5-7-14)16(19)18-10-8-12(2)9-11-18/h4-7,12,15H,3,8-11H2,1-2H3. The van der Waals surface area contributed by atoms with Gasteiger partial charge in [0.15, 0.2) is 6.10 Å². The van der Waals surface area contributed by atoms with Crippen molar-refractivity contribution in [2.24, 2.45) is 5.92 Å². The number of likely N-dealkylation sites (tertiary alicyclic amines) is 1. The molecule has 0 bridgehead atoms. The number of nitrogens with zero attached hydrogens (tertiary/aromatic N) is 1. The van der Waals surface area contributed by atoms with Gasteiger partial charge in [0.25, 0.3) is 5.91 Å². The molecule has 0 aliphatic carbocycles. The van der Waals surface area contributed by atoms with Crippen LogP contribution in [0.4, 0.5) is 0 Å². The first kappa shape index (κ1) is 15.2. The molecule has 1 unspecified atom stereocenters. The van der Waals surface area contributed by atoms with Crippen molar-refractivity contribution in [3.05, 3.63) is 29.3 Å². The van der Waals surface area contributed by atoms with Crippen molar-refractivity contribution in [3.63, 3.8) is 0 Å². The van der Waals surface area contributed by atoms with Gasteiger partial charge in [-0.15, -0.1) is 0 Å². The Hall–Kier alpha value is -1.22. The fourth-order valence-electron chi connectivity index (χ4n) is 2.42. The van der Waals surface area contributed by atoms with Crippen LogP contribution in [0.5, 0.6) is 5.75 Å². The molecule has 0 aromatic heterocycles. The average Bonchev–Trinajstić information content (AvgIpc) is 2.47. The number of amides is 1. The van der Waals surface area contributed by atoms with Gasteiger partial charge in [0.1, 0.15) is 5.75 Å². The molecule has 0 spiro atoms. The number of halogens is 1. The number of carbonyl (C=O) groups excluding carboxylic acids is 1. The number of carbonyl (C=O) groups is 1. The van der Waals surface area contributed by atoms with E-state index in [2.05, 4.69) is 6.92 Å². The quantitative estimate of drug-likeness (QED) is 0.846. The van der Waals surface area contributed by atoms with Crippen molar-refractivity contribution >= 4 is 17.5 Å². The van der Waals surface area contributed by atoms with Gasteiger partial charge in [0, 0.05) is 18.1 Å². The molecule has 0 N–H and O–H groups in total. The third kappa shape index (κ3) is 3.89. The zero-order valence-corrected chi connectivity index (χ0v) is 12.9. The number of hydrogen-bond donors (Lipinski definition) is 0. The third-order valence-corrected chi connectivity index (χ3v) is 4.09. The fraction of sp³-hybridized carbons (Fsp3) is 0.562. The topological polar surface area (TPSA) is 29.5 Å². The second-order valence-corrected chi connectivity index (χ2v) is 5.91. The van der Waals surface area contributed by atoms with Crippen LogP contribution in [0.1, 0.15) is 33.1 Å². The van der Waals surface area contributed by atoms with E-state index in [-0.39, 0.29) is 5.91 Å². The maximum absolute atomic E-state index is 12.5. The highest BCUT2D eigenvalue weighted by molar-refractivity contribution is 6.30. The highest BCUT2D eigenvalue weighted by Gasteiger charge is 2.27. The van der Waals surface area contributed by atoms with Gasteiger partial charge in [-0.3, -0.25) is 4.79 Å². The van der Waals surface area contributed by atoms with E-state index in [0.717, 1.165) is 31.8 Å². The van der Waals surface area contributed by atoms with Gasteiger partial charge in [-0.2, -0.15) is 0 Å².